The van der Waals surface area contributed by atoms with Crippen LogP contribution in [0.25, 0.3) is 33.5 Å². The van der Waals surface area contributed by atoms with E-state index in [2.05, 4.69) is 15.4 Å². The quantitative estimate of drug-likeness (QED) is 0.108. The molecule has 0 aliphatic heterocycles. The molecule has 12 nitrogen and oxygen atoms in total. The summed E-state index contributed by atoms with van der Waals surface area (Å²) in [6.07, 6.45) is 1.20. The highest BCUT2D eigenvalue weighted by Crippen LogP contribution is 2.36. The van der Waals surface area contributed by atoms with E-state index in [0.717, 1.165) is 16.8 Å². The minimum atomic E-state index is -0.736. The molecule has 46 heavy (non-hydrogen) atoms. The first-order valence-corrected chi connectivity index (χ1v) is 13.9. The van der Waals surface area contributed by atoms with Crippen molar-refractivity contribution in [2.75, 3.05) is 19.0 Å². The molecule has 0 aliphatic rings. The molecular formula is C32H21ClFN5O7. The summed E-state index contributed by atoms with van der Waals surface area (Å²) < 4.78 is 31.3. The van der Waals surface area contributed by atoms with E-state index < -0.39 is 34.5 Å². The smallest absolute Gasteiger partial charge is 0.313 e. The Morgan fingerprint density at radius 1 is 1.11 bits per heavy atom. The molecule has 6 aromatic rings. The van der Waals surface area contributed by atoms with Crippen molar-refractivity contribution in [3.05, 3.63) is 122 Å². The molecular weight excluding hydrogens is 621 g/mol. The van der Waals surface area contributed by atoms with Gasteiger partial charge in [0.1, 0.15) is 17.1 Å². The van der Waals surface area contributed by atoms with E-state index in [1.165, 1.54) is 37.6 Å². The maximum absolute atomic E-state index is 13.6. The lowest BCUT2D eigenvalue weighted by Crippen LogP contribution is -2.21. The summed E-state index contributed by atoms with van der Waals surface area (Å²) in [5.41, 5.74) is 0.152. The van der Waals surface area contributed by atoms with Crippen molar-refractivity contribution in [2.45, 2.75) is 0 Å². The third-order valence-electron chi connectivity index (χ3n) is 6.74. The minimum Gasteiger partial charge on any atom is -0.496 e. The molecule has 0 aliphatic carbocycles. The van der Waals surface area contributed by atoms with E-state index in [9.17, 15) is 24.1 Å². The Morgan fingerprint density at radius 2 is 1.91 bits per heavy atom. The first kappa shape index (κ1) is 30.0. The molecule has 2 aromatic heterocycles. The number of nitro benzene ring substituents is 1. The number of fused-ring (bicyclic) bond motifs is 2. The number of hydrogen-bond acceptors (Lipinski definition) is 9. The molecule has 14 heteroatoms. The van der Waals surface area contributed by atoms with Gasteiger partial charge in [0.25, 0.3) is 11.5 Å². The number of nitro groups is 1. The average Bonchev–Trinajstić information content (AvgIpc) is 3.48. The number of benzene rings is 4. The van der Waals surface area contributed by atoms with Crippen LogP contribution in [0.1, 0.15) is 5.56 Å². The Balaban J connectivity index is 1.35. The zero-order chi connectivity index (χ0) is 32.4. The summed E-state index contributed by atoms with van der Waals surface area (Å²) in [4.78, 5) is 41.8. The molecule has 0 radical (unpaired) electrons. The normalized spacial score (nSPS) is 11.3. The van der Waals surface area contributed by atoms with Crippen LogP contribution in [0.15, 0.2) is 99.2 Å². The Kier molecular flexibility index (Phi) is 8.14. The number of amides is 1. The van der Waals surface area contributed by atoms with Crippen molar-refractivity contribution in [2.24, 2.45) is 5.10 Å². The topological polar surface area (TPSA) is 151 Å². The van der Waals surface area contributed by atoms with Crippen LogP contribution in [0.5, 0.6) is 11.5 Å². The Labute approximate surface area is 263 Å². The van der Waals surface area contributed by atoms with Crippen molar-refractivity contribution >= 4 is 57.0 Å². The standard InChI is InChI=1S/C32H21ClFN5O7/c1-44-26-10-5-11-27-22(26)15-28(46-27)31-37-24-9-3-2-8-21(24)32(41)38(31)35-16-18-12-23(33)30(25(13-18)39(42)43)45-17-29(40)36-20-7-4-6-19(34)14-20/h2-16H,17H2,1H3,(H,36,40). The number of nitrogens with zero attached hydrogens (tertiary/aromatic N) is 4. The van der Waals surface area contributed by atoms with E-state index in [-0.39, 0.29) is 39.0 Å². The highest BCUT2D eigenvalue weighted by Gasteiger charge is 2.22. The fourth-order valence-electron chi connectivity index (χ4n) is 4.69. The lowest BCUT2D eigenvalue weighted by molar-refractivity contribution is -0.385. The van der Waals surface area contributed by atoms with Crippen molar-refractivity contribution in [3.63, 3.8) is 0 Å². The number of ether oxygens (including phenoxy) is 2. The Morgan fingerprint density at radius 3 is 2.70 bits per heavy atom. The van der Waals surface area contributed by atoms with E-state index in [1.54, 1.807) is 48.5 Å². The van der Waals surface area contributed by atoms with Gasteiger partial charge in [0.2, 0.25) is 11.6 Å². The third kappa shape index (κ3) is 5.99. The molecule has 1 N–H and O–H groups in total. The van der Waals surface area contributed by atoms with Gasteiger partial charge in [0, 0.05) is 17.3 Å². The molecule has 0 fully saturated rings. The van der Waals surface area contributed by atoms with Gasteiger partial charge in [-0.15, -0.1) is 0 Å². The number of rotatable bonds is 9. The van der Waals surface area contributed by atoms with Gasteiger partial charge in [-0.25, -0.2) is 9.37 Å². The SMILES string of the molecule is COc1cccc2oc(-c3nc4ccccc4c(=O)n3N=Cc3cc(Cl)c(OCC(=O)Nc4cccc(F)c4)c([N+](=O)[O-])c3)cc12. The second kappa shape index (κ2) is 12.5. The monoisotopic (exact) mass is 641 g/mol. The molecule has 0 saturated carbocycles. The second-order valence-electron chi connectivity index (χ2n) is 9.75. The van der Waals surface area contributed by atoms with Crippen molar-refractivity contribution < 1.29 is 28.0 Å². The summed E-state index contributed by atoms with van der Waals surface area (Å²) in [5.74, 6) is -0.755. The summed E-state index contributed by atoms with van der Waals surface area (Å²) >= 11 is 6.35. The largest absolute Gasteiger partial charge is 0.496 e. The van der Waals surface area contributed by atoms with Gasteiger partial charge < -0.3 is 19.2 Å². The van der Waals surface area contributed by atoms with Gasteiger partial charge in [0.05, 0.1) is 39.6 Å². The van der Waals surface area contributed by atoms with E-state index in [1.807, 2.05) is 0 Å². The molecule has 2 heterocycles. The lowest BCUT2D eigenvalue weighted by Gasteiger charge is -2.10. The number of halogens is 2. The summed E-state index contributed by atoms with van der Waals surface area (Å²) in [7, 11) is 1.53. The molecule has 0 saturated heterocycles. The number of aromatic nitrogens is 2. The van der Waals surface area contributed by atoms with Crippen LogP contribution < -0.4 is 20.3 Å². The predicted octanol–water partition coefficient (Wildman–Crippen LogP) is 6.42. The van der Waals surface area contributed by atoms with Gasteiger partial charge in [-0.05, 0) is 54.6 Å². The van der Waals surface area contributed by atoms with Crippen LogP contribution in [0.3, 0.4) is 0 Å². The number of carbonyl (C=O) groups is 1. The van der Waals surface area contributed by atoms with E-state index in [0.29, 0.717) is 22.2 Å². The van der Waals surface area contributed by atoms with E-state index in [4.69, 9.17) is 25.5 Å². The maximum Gasteiger partial charge on any atom is 0.313 e. The Hall–Kier alpha value is -6.08. The fourth-order valence-corrected chi connectivity index (χ4v) is 4.97. The fraction of sp³-hybridized carbons (Fsp3) is 0.0625. The van der Waals surface area contributed by atoms with Crippen LogP contribution >= 0.6 is 11.6 Å². The van der Waals surface area contributed by atoms with Gasteiger partial charge in [-0.1, -0.05) is 35.9 Å². The number of nitrogens with one attached hydrogen (secondary N) is 1. The number of carbonyl (C=O) groups excluding carboxylic acids is 1. The van der Waals surface area contributed by atoms with Gasteiger partial charge >= 0.3 is 5.69 Å². The molecule has 0 spiro atoms. The second-order valence-corrected chi connectivity index (χ2v) is 10.2. The number of hydrogen-bond donors (Lipinski definition) is 1. The van der Waals surface area contributed by atoms with Crippen LogP contribution in [0, 0.1) is 15.9 Å². The zero-order valence-corrected chi connectivity index (χ0v) is 24.5. The van der Waals surface area contributed by atoms with Gasteiger partial charge in [0.15, 0.2) is 12.4 Å². The predicted molar refractivity (Wildman–Crippen MR) is 169 cm³/mol. The molecule has 0 atom stereocenters. The van der Waals surface area contributed by atoms with Crippen molar-refractivity contribution in [3.8, 4) is 23.1 Å². The summed E-state index contributed by atoms with van der Waals surface area (Å²) in [5, 5.41) is 19.4. The van der Waals surface area contributed by atoms with Crippen LogP contribution in [-0.2, 0) is 4.79 Å². The molecule has 0 bridgehead atoms. The Bertz CT molecular complexity index is 2250. The zero-order valence-electron chi connectivity index (χ0n) is 23.8. The molecule has 0 unspecified atom stereocenters. The third-order valence-corrected chi connectivity index (χ3v) is 7.02. The molecule has 4 aromatic carbocycles. The molecule has 230 valence electrons. The minimum absolute atomic E-state index is 0.0723. The van der Waals surface area contributed by atoms with Gasteiger partial charge in [-0.3, -0.25) is 19.7 Å². The van der Waals surface area contributed by atoms with Gasteiger partial charge in [-0.2, -0.15) is 9.78 Å². The first-order chi connectivity index (χ1) is 22.2. The number of methoxy groups -OCH3 is 1. The van der Waals surface area contributed by atoms with E-state index >= 15 is 0 Å². The van der Waals surface area contributed by atoms with Crippen LogP contribution in [0.2, 0.25) is 5.02 Å². The summed E-state index contributed by atoms with van der Waals surface area (Å²) in [6, 6.07) is 21.3. The number of para-hydroxylation sites is 1. The first-order valence-electron chi connectivity index (χ1n) is 13.5. The number of furan rings is 1. The molecule has 1 amide bonds. The summed E-state index contributed by atoms with van der Waals surface area (Å²) in [6.45, 7) is -0.645. The van der Waals surface area contributed by atoms with Crippen molar-refractivity contribution in [1.82, 2.24) is 9.66 Å². The molecule has 6 rings (SSSR count). The number of anilines is 1. The lowest BCUT2D eigenvalue weighted by atomic mass is 10.2. The highest BCUT2D eigenvalue weighted by atomic mass is 35.5. The highest BCUT2D eigenvalue weighted by molar-refractivity contribution is 6.32. The average molecular weight is 642 g/mol. The van der Waals surface area contributed by atoms with Crippen LogP contribution in [-0.4, -0.2) is 40.4 Å². The maximum atomic E-state index is 13.6. The van der Waals surface area contributed by atoms with Crippen LogP contribution in [0.4, 0.5) is 15.8 Å². The van der Waals surface area contributed by atoms with Crippen molar-refractivity contribution in [1.29, 1.82) is 0 Å².